The van der Waals surface area contributed by atoms with Gasteiger partial charge in [-0.15, -0.1) is 0 Å². The summed E-state index contributed by atoms with van der Waals surface area (Å²) < 4.78 is 24.2. The van der Waals surface area contributed by atoms with Crippen LogP contribution < -0.4 is 9.47 Å². The molecule has 0 aliphatic carbocycles. The summed E-state index contributed by atoms with van der Waals surface area (Å²) in [6.07, 6.45) is 0. The van der Waals surface area contributed by atoms with Crippen LogP contribution in [0.3, 0.4) is 0 Å². The van der Waals surface area contributed by atoms with Gasteiger partial charge in [-0.05, 0) is 35.9 Å². The molecule has 2 aromatic carbocycles. The standard InChI is InChI=1S/C17H17ClFNO3/c1-20(17(21)13-9-12(18)5-6-14(13)19)10-11-4-7-15(22-2)16(8-11)23-3/h4-9H,10H2,1-3H3. The van der Waals surface area contributed by atoms with Crippen molar-refractivity contribution in [1.82, 2.24) is 4.90 Å². The Hall–Kier alpha value is -2.27. The fraction of sp³-hybridized carbons (Fsp3) is 0.235. The second-order valence-corrected chi connectivity index (χ2v) is 5.41. The molecule has 0 radical (unpaired) electrons. The van der Waals surface area contributed by atoms with E-state index in [-0.39, 0.29) is 5.56 Å². The minimum atomic E-state index is -0.599. The number of carbonyl (C=O) groups excluding carboxylic acids is 1. The Balaban J connectivity index is 2.19. The number of hydrogen-bond donors (Lipinski definition) is 0. The summed E-state index contributed by atoms with van der Waals surface area (Å²) in [6, 6.07) is 9.26. The third-order valence-corrected chi connectivity index (χ3v) is 3.61. The van der Waals surface area contributed by atoms with E-state index >= 15 is 0 Å². The molecule has 0 unspecified atom stereocenters. The van der Waals surface area contributed by atoms with Crippen LogP contribution in [0, 0.1) is 5.82 Å². The molecule has 4 nitrogen and oxygen atoms in total. The summed E-state index contributed by atoms with van der Waals surface area (Å²) in [5, 5.41) is 0.314. The Morgan fingerprint density at radius 1 is 1.13 bits per heavy atom. The molecule has 0 aliphatic heterocycles. The van der Waals surface area contributed by atoms with Gasteiger partial charge in [0, 0.05) is 18.6 Å². The number of rotatable bonds is 5. The first-order valence-corrected chi connectivity index (χ1v) is 7.25. The van der Waals surface area contributed by atoms with Gasteiger partial charge in [-0.25, -0.2) is 4.39 Å². The summed E-state index contributed by atoms with van der Waals surface area (Å²) in [6.45, 7) is 0.297. The van der Waals surface area contributed by atoms with Crippen molar-refractivity contribution in [3.63, 3.8) is 0 Å². The van der Waals surface area contributed by atoms with Crippen molar-refractivity contribution in [2.45, 2.75) is 6.54 Å². The first kappa shape index (κ1) is 17.1. The van der Waals surface area contributed by atoms with Crippen molar-refractivity contribution >= 4 is 17.5 Å². The third-order valence-electron chi connectivity index (χ3n) is 3.37. The zero-order valence-corrected chi connectivity index (χ0v) is 13.9. The Morgan fingerprint density at radius 2 is 1.83 bits per heavy atom. The van der Waals surface area contributed by atoms with Crippen molar-refractivity contribution in [2.75, 3.05) is 21.3 Å². The van der Waals surface area contributed by atoms with Gasteiger partial charge in [0.25, 0.3) is 5.91 Å². The minimum absolute atomic E-state index is 0.0551. The predicted molar refractivity (Wildman–Crippen MR) is 86.8 cm³/mol. The van der Waals surface area contributed by atoms with E-state index in [1.807, 2.05) is 6.07 Å². The van der Waals surface area contributed by atoms with Crippen molar-refractivity contribution in [3.05, 3.63) is 58.4 Å². The van der Waals surface area contributed by atoms with E-state index in [4.69, 9.17) is 21.1 Å². The van der Waals surface area contributed by atoms with E-state index in [2.05, 4.69) is 0 Å². The summed E-state index contributed by atoms with van der Waals surface area (Å²) in [7, 11) is 4.69. The lowest BCUT2D eigenvalue weighted by Crippen LogP contribution is -2.27. The van der Waals surface area contributed by atoms with Crippen LogP contribution in [0.1, 0.15) is 15.9 Å². The van der Waals surface area contributed by atoms with Gasteiger partial charge in [0.2, 0.25) is 0 Å². The average molecular weight is 338 g/mol. The molecule has 0 bridgehead atoms. The Kier molecular flexibility index (Phi) is 5.45. The SMILES string of the molecule is COc1ccc(CN(C)C(=O)c2cc(Cl)ccc2F)cc1OC. The minimum Gasteiger partial charge on any atom is -0.493 e. The molecule has 0 saturated carbocycles. The number of benzene rings is 2. The lowest BCUT2D eigenvalue weighted by Gasteiger charge is -2.19. The fourth-order valence-corrected chi connectivity index (χ4v) is 2.36. The van der Waals surface area contributed by atoms with Crippen molar-refractivity contribution in [3.8, 4) is 11.5 Å². The smallest absolute Gasteiger partial charge is 0.256 e. The molecule has 23 heavy (non-hydrogen) atoms. The first-order valence-electron chi connectivity index (χ1n) is 6.87. The van der Waals surface area contributed by atoms with Crippen LogP contribution in [-0.4, -0.2) is 32.1 Å². The average Bonchev–Trinajstić information content (AvgIpc) is 2.56. The van der Waals surface area contributed by atoms with Gasteiger partial charge in [0.15, 0.2) is 11.5 Å². The molecular formula is C17H17ClFNO3. The molecule has 122 valence electrons. The normalized spacial score (nSPS) is 10.3. The summed E-state index contributed by atoms with van der Waals surface area (Å²) in [5.41, 5.74) is 0.779. The van der Waals surface area contributed by atoms with Crippen LogP contribution in [0.5, 0.6) is 11.5 Å². The molecule has 0 fully saturated rings. The molecule has 0 atom stereocenters. The molecule has 1 amide bonds. The maximum atomic E-state index is 13.8. The number of ether oxygens (including phenoxy) is 2. The molecular weight excluding hydrogens is 321 g/mol. The van der Waals surface area contributed by atoms with E-state index in [9.17, 15) is 9.18 Å². The van der Waals surface area contributed by atoms with Gasteiger partial charge in [-0.3, -0.25) is 4.79 Å². The number of nitrogens with zero attached hydrogens (tertiary/aromatic N) is 1. The highest BCUT2D eigenvalue weighted by molar-refractivity contribution is 6.30. The molecule has 0 heterocycles. The second kappa shape index (κ2) is 7.33. The van der Waals surface area contributed by atoms with Crippen molar-refractivity contribution in [2.24, 2.45) is 0 Å². The van der Waals surface area contributed by atoms with Crippen LogP contribution in [0.4, 0.5) is 4.39 Å². The predicted octanol–water partition coefficient (Wildman–Crippen LogP) is 3.77. The van der Waals surface area contributed by atoms with Crippen LogP contribution in [-0.2, 0) is 6.54 Å². The summed E-state index contributed by atoms with van der Waals surface area (Å²) >= 11 is 5.83. The first-order chi connectivity index (χ1) is 11.0. The van der Waals surface area contributed by atoms with Crippen molar-refractivity contribution < 1.29 is 18.7 Å². The highest BCUT2D eigenvalue weighted by Crippen LogP contribution is 2.28. The van der Waals surface area contributed by atoms with Gasteiger partial charge in [0.05, 0.1) is 19.8 Å². The fourth-order valence-electron chi connectivity index (χ4n) is 2.19. The lowest BCUT2D eigenvalue weighted by molar-refractivity contribution is 0.0780. The summed E-state index contributed by atoms with van der Waals surface area (Å²) in [4.78, 5) is 13.8. The van der Waals surface area contributed by atoms with Gasteiger partial charge in [-0.1, -0.05) is 17.7 Å². The quantitative estimate of drug-likeness (QED) is 0.833. The molecule has 0 saturated heterocycles. The van der Waals surface area contributed by atoms with E-state index in [0.29, 0.717) is 23.1 Å². The number of methoxy groups -OCH3 is 2. The zero-order chi connectivity index (χ0) is 17.0. The third kappa shape index (κ3) is 3.93. The van der Waals surface area contributed by atoms with Crippen LogP contribution >= 0.6 is 11.6 Å². The summed E-state index contributed by atoms with van der Waals surface area (Å²) in [5.74, 6) is 0.129. The van der Waals surface area contributed by atoms with Crippen molar-refractivity contribution in [1.29, 1.82) is 0 Å². The topological polar surface area (TPSA) is 38.8 Å². The number of halogens is 2. The van der Waals surface area contributed by atoms with Crippen LogP contribution in [0.15, 0.2) is 36.4 Å². The Bertz CT molecular complexity index is 721. The zero-order valence-electron chi connectivity index (χ0n) is 13.1. The van der Waals surface area contributed by atoms with E-state index in [0.717, 1.165) is 5.56 Å². The molecule has 0 N–H and O–H groups in total. The molecule has 6 heteroatoms. The number of carbonyl (C=O) groups is 1. The van der Waals surface area contributed by atoms with Gasteiger partial charge in [-0.2, -0.15) is 0 Å². The van der Waals surface area contributed by atoms with E-state index in [1.165, 1.54) is 30.2 Å². The monoisotopic (exact) mass is 337 g/mol. The molecule has 0 aromatic heterocycles. The van der Waals surface area contributed by atoms with Crippen LogP contribution in [0.25, 0.3) is 0 Å². The number of amides is 1. The van der Waals surface area contributed by atoms with Gasteiger partial charge < -0.3 is 14.4 Å². The maximum absolute atomic E-state index is 13.8. The molecule has 2 rings (SSSR count). The maximum Gasteiger partial charge on any atom is 0.256 e. The lowest BCUT2D eigenvalue weighted by atomic mass is 10.1. The molecule has 0 aliphatic rings. The highest BCUT2D eigenvalue weighted by Gasteiger charge is 2.17. The van der Waals surface area contributed by atoms with E-state index < -0.39 is 11.7 Å². The molecule has 2 aromatic rings. The van der Waals surface area contributed by atoms with Crippen LogP contribution in [0.2, 0.25) is 5.02 Å². The second-order valence-electron chi connectivity index (χ2n) is 4.97. The largest absolute Gasteiger partial charge is 0.493 e. The van der Waals surface area contributed by atoms with E-state index in [1.54, 1.807) is 26.3 Å². The number of hydrogen-bond acceptors (Lipinski definition) is 3. The Labute approximate surface area is 139 Å². The highest BCUT2D eigenvalue weighted by atomic mass is 35.5. The molecule has 0 spiro atoms. The van der Waals surface area contributed by atoms with Gasteiger partial charge >= 0.3 is 0 Å². The van der Waals surface area contributed by atoms with Gasteiger partial charge in [0.1, 0.15) is 5.82 Å². The Morgan fingerprint density at radius 3 is 2.48 bits per heavy atom.